The highest BCUT2D eigenvalue weighted by Crippen LogP contribution is 2.28. The number of fused-ring (bicyclic) bond motifs is 1. The fourth-order valence-corrected chi connectivity index (χ4v) is 4.65. The number of ether oxygens (including phenoxy) is 1. The lowest BCUT2D eigenvalue weighted by Gasteiger charge is -2.31. The smallest absolute Gasteiger partial charge is 0.261 e. The summed E-state index contributed by atoms with van der Waals surface area (Å²) in [6.07, 6.45) is 0. The summed E-state index contributed by atoms with van der Waals surface area (Å²) < 4.78 is 7.31. The molecule has 4 rings (SSSR count). The second kappa shape index (κ2) is 8.03. The molecule has 1 N–H and O–H groups in total. The second-order valence-electron chi connectivity index (χ2n) is 7.39. The molecule has 1 fully saturated rings. The maximum atomic E-state index is 13.1. The van der Waals surface area contributed by atoms with Gasteiger partial charge in [0.25, 0.3) is 5.91 Å². The molecule has 0 saturated carbocycles. The molecule has 1 saturated heterocycles. The molecule has 1 atom stereocenters. The van der Waals surface area contributed by atoms with Crippen LogP contribution in [0.4, 0.5) is 0 Å². The molecule has 6 nitrogen and oxygen atoms in total. The van der Waals surface area contributed by atoms with Gasteiger partial charge in [0.2, 0.25) is 0 Å². The van der Waals surface area contributed by atoms with Crippen LogP contribution in [0, 0.1) is 13.8 Å². The topological polar surface area (TPSA) is 59.4 Å². The second-order valence-corrected chi connectivity index (χ2v) is 8.42. The van der Waals surface area contributed by atoms with Gasteiger partial charge in [-0.15, -0.1) is 11.3 Å². The largest absolute Gasteiger partial charge is 0.379 e. The van der Waals surface area contributed by atoms with Gasteiger partial charge in [-0.25, -0.2) is 0 Å². The summed E-state index contributed by atoms with van der Waals surface area (Å²) >= 11 is 1.49. The summed E-state index contributed by atoms with van der Waals surface area (Å²) in [7, 11) is 1.92. The fraction of sp³-hybridized carbons (Fsp3) is 0.429. The highest BCUT2D eigenvalue weighted by atomic mass is 32.1. The molecule has 1 amide bonds. The standard InChI is InChI=1S/C21H26N4O2S/c1-14-4-6-16(7-5-14)18(13-25-8-10-27-11-9-25)22-20(26)19-12-17-15(2)23-24(3)21(17)28-19/h4-7,12,18H,8-11,13H2,1-3H3,(H,22,26)/t18-/m0/s1. The number of thiophene rings is 1. The molecule has 28 heavy (non-hydrogen) atoms. The molecule has 1 aliphatic rings. The molecular weight excluding hydrogens is 372 g/mol. The van der Waals surface area contributed by atoms with Gasteiger partial charge in [-0.3, -0.25) is 14.4 Å². The molecule has 3 heterocycles. The van der Waals surface area contributed by atoms with Crippen molar-refractivity contribution in [2.75, 3.05) is 32.8 Å². The van der Waals surface area contributed by atoms with E-state index in [4.69, 9.17) is 4.74 Å². The van der Waals surface area contributed by atoms with E-state index in [-0.39, 0.29) is 11.9 Å². The average molecular weight is 399 g/mol. The number of hydrogen-bond donors (Lipinski definition) is 1. The van der Waals surface area contributed by atoms with E-state index in [1.807, 2.05) is 24.7 Å². The minimum absolute atomic E-state index is 0.0283. The van der Waals surface area contributed by atoms with Gasteiger partial charge < -0.3 is 10.1 Å². The van der Waals surface area contributed by atoms with Crippen LogP contribution in [0.2, 0.25) is 0 Å². The van der Waals surface area contributed by atoms with Gasteiger partial charge in [0.1, 0.15) is 4.83 Å². The lowest BCUT2D eigenvalue weighted by atomic mass is 10.0. The summed E-state index contributed by atoms with van der Waals surface area (Å²) in [5, 5.41) is 8.74. The molecule has 148 valence electrons. The lowest BCUT2D eigenvalue weighted by Crippen LogP contribution is -2.43. The zero-order valence-electron chi connectivity index (χ0n) is 16.6. The van der Waals surface area contributed by atoms with Gasteiger partial charge >= 0.3 is 0 Å². The number of morpholine rings is 1. The van der Waals surface area contributed by atoms with E-state index < -0.39 is 0 Å². The molecule has 0 radical (unpaired) electrons. The van der Waals surface area contributed by atoms with Gasteiger partial charge in [0.05, 0.1) is 29.8 Å². The Labute approximate surface area is 169 Å². The average Bonchev–Trinajstić information content (AvgIpc) is 3.24. The number of nitrogens with one attached hydrogen (secondary N) is 1. The van der Waals surface area contributed by atoms with Crippen LogP contribution in [-0.2, 0) is 11.8 Å². The molecule has 0 unspecified atom stereocenters. The molecule has 7 heteroatoms. The van der Waals surface area contributed by atoms with Crippen LogP contribution in [0.1, 0.15) is 32.5 Å². The predicted octanol–water partition coefficient (Wildman–Crippen LogP) is 3.05. The predicted molar refractivity (Wildman–Crippen MR) is 112 cm³/mol. The van der Waals surface area contributed by atoms with Crippen LogP contribution in [0.25, 0.3) is 10.2 Å². The van der Waals surface area contributed by atoms with E-state index >= 15 is 0 Å². The van der Waals surface area contributed by atoms with Crippen LogP contribution in [0.15, 0.2) is 30.3 Å². The zero-order chi connectivity index (χ0) is 19.7. The number of rotatable bonds is 5. The van der Waals surface area contributed by atoms with Crippen LogP contribution in [-0.4, -0.2) is 53.4 Å². The Morgan fingerprint density at radius 3 is 2.64 bits per heavy atom. The third-order valence-corrected chi connectivity index (χ3v) is 6.45. The van der Waals surface area contributed by atoms with E-state index in [1.54, 1.807) is 0 Å². The van der Waals surface area contributed by atoms with Gasteiger partial charge in [-0.2, -0.15) is 5.10 Å². The van der Waals surface area contributed by atoms with Gasteiger partial charge in [0.15, 0.2) is 0 Å². The molecule has 3 aromatic rings. The van der Waals surface area contributed by atoms with Gasteiger partial charge in [0, 0.05) is 32.1 Å². The Balaban J connectivity index is 1.56. The number of carbonyl (C=O) groups excluding carboxylic acids is 1. The Morgan fingerprint density at radius 1 is 1.25 bits per heavy atom. The highest BCUT2D eigenvalue weighted by Gasteiger charge is 2.22. The van der Waals surface area contributed by atoms with Crippen molar-refractivity contribution in [3.63, 3.8) is 0 Å². The van der Waals surface area contributed by atoms with E-state index in [2.05, 4.69) is 46.5 Å². The lowest BCUT2D eigenvalue weighted by molar-refractivity contribution is 0.0332. The van der Waals surface area contributed by atoms with Gasteiger partial charge in [-0.1, -0.05) is 29.8 Å². The first-order valence-corrected chi connectivity index (χ1v) is 10.4. The molecule has 0 bridgehead atoms. The Bertz CT molecular complexity index is 936. The normalized spacial score (nSPS) is 16.4. The van der Waals surface area contributed by atoms with E-state index in [1.165, 1.54) is 16.9 Å². The summed E-state index contributed by atoms with van der Waals surface area (Å²) in [5.41, 5.74) is 3.30. The van der Waals surface area contributed by atoms with Crippen LogP contribution < -0.4 is 5.32 Å². The zero-order valence-corrected chi connectivity index (χ0v) is 17.4. The minimum Gasteiger partial charge on any atom is -0.379 e. The summed E-state index contributed by atoms with van der Waals surface area (Å²) in [6.45, 7) is 8.12. The maximum absolute atomic E-state index is 13.1. The van der Waals surface area contributed by atoms with Gasteiger partial charge in [-0.05, 0) is 25.5 Å². The first-order chi connectivity index (χ1) is 13.5. The number of hydrogen-bond acceptors (Lipinski definition) is 5. The van der Waals surface area contributed by atoms with E-state index in [0.717, 1.165) is 59.2 Å². The number of nitrogens with zero attached hydrogens (tertiary/aromatic N) is 3. The van der Waals surface area contributed by atoms with Crippen LogP contribution >= 0.6 is 11.3 Å². The number of aryl methyl sites for hydroxylation is 3. The summed E-state index contributed by atoms with van der Waals surface area (Å²) in [6, 6.07) is 10.3. The van der Waals surface area contributed by atoms with Crippen molar-refractivity contribution >= 4 is 27.5 Å². The van der Waals surface area contributed by atoms with Crippen molar-refractivity contribution in [3.05, 3.63) is 52.0 Å². The van der Waals surface area contributed by atoms with Crippen molar-refractivity contribution < 1.29 is 9.53 Å². The molecule has 0 spiro atoms. The third kappa shape index (κ3) is 3.97. The fourth-order valence-electron chi connectivity index (χ4n) is 3.62. The summed E-state index contributed by atoms with van der Waals surface area (Å²) in [5.74, 6) is -0.0283. The Morgan fingerprint density at radius 2 is 1.96 bits per heavy atom. The van der Waals surface area contributed by atoms with Crippen molar-refractivity contribution in [3.8, 4) is 0 Å². The monoisotopic (exact) mass is 398 g/mol. The third-order valence-electron chi connectivity index (χ3n) is 5.25. The summed E-state index contributed by atoms with van der Waals surface area (Å²) in [4.78, 5) is 17.2. The van der Waals surface area contributed by atoms with Crippen LogP contribution in [0.5, 0.6) is 0 Å². The van der Waals surface area contributed by atoms with Crippen molar-refractivity contribution in [2.24, 2.45) is 7.05 Å². The molecule has 1 aromatic carbocycles. The molecular formula is C21H26N4O2S. The molecule has 0 aliphatic carbocycles. The SMILES string of the molecule is Cc1ccc([C@H](CN2CCOCC2)NC(=O)c2cc3c(C)nn(C)c3s2)cc1. The first-order valence-electron chi connectivity index (χ1n) is 9.62. The molecule has 2 aromatic heterocycles. The minimum atomic E-state index is -0.0596. The quantitative estimate of drug-likeness (QED) is 0.718. The molecule has 1 aliphatic heterocycles. The number of carbonyl (C=O) groups is 1. The van der Waals surface area contributed by atoms with Crippen molar-refractivity contribution in [1.29, 1.82) is 0 Å². The number of amides is 1. The van der Waals surface area contributed by atoms with Crippen molar-refractivity contribution in [1.82, 2.24) is 20.0 Å². The maximum Gasteiger partial charge on any atom is 0.261 e. The highest BCUT2D eigenvalue weighted by molar-refractivity contribution is 7.20. The Kier molecular flexibility index (Phi) is 5.48. The first kappa shape index (κ1) is 19.1. The number of aromatic nitrogens is 2. The Hall–Kier alpha value is -2.22. The number of benzene rings is 1. The van der Waals surface area contributed by atoms with E-state index in [9.17, 15) is 4.79 Å². The van der Waals surface area contributed by atoms with Crippen LogP contribution in [0.3, 0.4) is 0 Å². The van der Waals surface area contributed by atoms with Crippen molar-refractivity contribution in [2.45, 2.75) is 19.9 Å². The van der Waals surface area contributed by atoms with E-state index in [0.29, 0.717) is 0 Å².